The highest BCUT2D eigenvalue weighted by molar-refractivity contribution is 7.20. The van der Waals surface area contributed by atoms with Gasteiger partial charge in [-0.2, -0.15) is 5.26 Å². The zero-order valence-corrected chi connectivity index (χ0v) is 36.7. The van der Waals surface area contributed by atoms with Gasteiger partial charge in [-0.3, -0.25) is 0 Å². The average molecular weight is 834 g/mol. The van der Waals surface area contributed by atoms with Crippen LogP contribution in [0.25, 0.3) is 49.0 Å². The Morgan fingerprint density at radius 1 is 0.438 bits per heavy atom. The van der Waals surface area contributed by atoms with E-state index >= 15 is 0 Å². The summed E-state index contributed by atoms with van der Waals surface area (Å²) in [6.45, 7) is 4.72. The molecule has 1 aromatic heterocycles. The summed E-state index contributed by atoms with van der Waals surface area (Å²) in [6.07, 6.45) is 0. The van der Waals surface area contributed by atoms with Gasteiger partial charge >= 0.3 is 0 Å². The Balaban J connectivity index is 1.15. The number of rotatable bonds is 8. The molecule has 0 saturated carbocycles. The molecule has 12 rings (SSSR count). The quantitative estimate of drug-likeness (QED) is 0.0868. The van der Waals surface area contributed by atoms with E-state index < -0.39 is 8.07 Å². The van der Waals surface area contributed by atoms with Crippen LogP contribution in [0.15, 0.2) is 224 Å². The molecular weight excluding hydrogens is 791 g/mol. The first-order valence-electron chi connectivity index (χ1n) is 22.1. The molecule has 0 unspecified atom stereocenters. The molecule has 0 bridgehead atoms. The number of nitriles is 1. The molecule has 1 aliphatic carbocycles. The predicted molar refractivity (Wildman–Crippen MR) is 271 cm³/mol. The Kier molecular flexibility index (Phi) is 8.59. The second-order valence-corrected chi connectivity index (χ2v) is 21.4. The molecule has 0 saturated heterocycles. The molecular formula is C60H43N3Si. The lowest BCUT2D eigenvalue weighted by molar-refractivity contribution is 0.663. The molecule has 3 nitrogen and oxygen atoms in total. The summed E-state index contributed by atoms with van der Waals surface area (Å²) in [7, 11) is -2.83. The SMILES string of the molecule is CC1(C)c2cccc3ccc4cc(N(c5ccc(C#N)cc5)c5ccc6c(c5)c5cc([Si](c7ccccc7)(c7ccccc7)c7ccccc7)ccc5n6-c5ccccc5)cc1c4c23. The van der Waals surface area contributed by atoms with Crippen molar-refractivity contribution >= 4 is 89.2 Å². The van der Waals surface area contributed by atoms with E-state index in [0.717, 1.165) is 33.8 Å². The summed E-state index contributed by atoms with van der Waals surface area (Å²) < 4.78 is 2.42. The van der Waals surface area contributed by atoms with Crippen molar-refractivity contribution in [2.75, 3.05) is 4.90 Å². The first kappa shape index (κ1) is 37.8. The van der Waals surface area contributed by atoms with E-state index in [0.29, 0.717) is 5.56 Å². The molecule has 64 heavy (non-hydrogen) atoms. The Labute approximate surface area is 374 Å². The van der Waals surface area contributed by atoms with E-state index in [1.807, 2.05) is 12.1 Å². The van der Waals surface area contributed by atoms with E-state index in [4.69, 9.17) is 0 Å². The van der Waals surface area contributed by atoms with Crippen molar-refractivity contribution in [1.82, 2.24) is 4.57 Å². The normalized spacial score (nSPS) is 13.0. The van der Waals surface area contributed by atoms with Gasteiger partial charge in [0, 0.05) is 38.9 Å². The van der Waals surface area contributed by atoms with Gasteiger partial charge in [0.2, 0.25) is 0 Å². The van der Waals surface area contributed by atoms with Crippen molar-refractivity contribution in [3.63, 3.8) is 0 Å². The van der Waals surface area contributed by atoms with Crippen LogP contribution in [0, 0.1) is 11.3 Å². The third-order valence-corrected chi connectivity index (χ3v) is 18.7. The Bertz CT molecular complexity index is 3530. The summed E-state index contributed by atoms with van der Waals surface area (Å²) in [5.41, 5.74) is 9.72. The van der Waals surface area contributed by atoms with Crippen LogP contribution in [0.1, 0.15) is 30.5 Å². The molecule has 1 heterocycles. The van der Waals surface area contributed by atoms with E-state index in [1.165, 1.54) is 64.2 Å². The summed E-state index contributed by atoms with van der Waals surface area (Å²) in [4.78, 5) is 2.38. The fourth-order valence-electron chi connectivity index (χ4n) is 11.0. The van der Waals surface area contributed by atoms with Gasteiger partial charge in [-0.1, -0.05) is 166 Å². The van der Waals surface area contributed by atoms with Crippen molar-refractivity contribution in [3.05, 3.63) is 241 Å². The highest BCUT2D eigenvalue weighted by atomic mass is 28.3. The molecule has 1 aliphatic rings. The highest BCUT2D eigenvalue weighted by Gasteiger charge is 2.42. The van der Waals surface area contributed by atoms with Gasteiger partial charge in [0.15, 0.2) is 8.07 Å². The van der Waals surface area contributed by atoms with E-state index in [2.05, 4.69) is 242 Å². The number of anilines is 3. The van der Waals surface area contributed by atoms with Crippen LogP contribution in [0.3, 0.4) is 0 Å². The van der Waals surface area contributed by atoms with E-state index in [9.17, 15) is 5.26 Å². The Hall–Kier alpha value is -7.97. The van der Waals surface area contributed by atoms with Crippen LogP contribution >= 0.6 is 0 Å². The molecule has 11 aromatic rings. The van der Waals surface area contributed by atoms with Crippen LogP contribution in [0.4, 0.5) is 17.1 Å². The number of nitrogens with zero attached hydrogens (tertiary/aromatic N) is 3. The van der Waals surface area contributed by atoms with Crippen LogP contribution in [0.2, 0.25) is 0 Å². The fourth-order valence-corrected chi connectivity index (χ4v) is 15.7. The maximum atomic E-state index is 9.87. The van der Waals surface area contributed by atoms with Crippen LogP contribution in [-0.4, -0.2) is 12.6 Å². The number of aromatic nitrogens is 1. The Morgan fingerprint density at radius 3 is 1.61 bits per heavy atom. The van der Waals surface area contributed by atoms with Gasteiger partial charge < -0.3 is 9.47 Å². The number of fused-ring (bicyclic) bond motifs is 3. The molecule has 0 N–H and O–H groups in total. The molecule has 4 heteroatoms. The third kappa shape index (κ3) is 5.58. The second-order valence-electron chi connectivity index (χ2n) is 17.6. The third-order valence-electron chi connectivity index (χ3n) is 13.9. The summed E-state index contributed by atoms with van der Waals surface area (Å²) >= 11 is 0. The monoisotopic (exact) mass is 833 g/mol. The first-order chi connectivity index (χ1) is 31.4. The van der Waals surface area contributed by atoms with Gasteiger partial charge in [0.05, 0.1) is 22.7 Å². The maximum absolute atomic E-state index is 9.87. The standard InChI is InChI=1S/C60H43N3Si/c1-60(2)54-25-15-16-42-28-29-43-36-47(38-55(60)59(43)58(42)54)62(45-30-26-41(40-61)27-31-45)46-32-34-56-52(37-46)53-39-51(33-35-57(53)63(56)44-17-7-3-8-18-44)64(48-19-9-4-10-20-48,49-21-11-5-12-22-49)50-23-13-6-14-24-50/h3-39H,1-2H3. The molecule has 0 fully saturated rings. The van der Waals surface area contributed by atoms with Crippen LogP contribution in [-0.2, 0) is 5.41 Å². The van der Waals surface area contributed by atoms with Gasteiger partial charge in [0.1, 0.15) is 0 Å². The minimum atomic E-state index is -2.83. The lowest BCUT2D eigenvalue weighted by Crippen LogP contribution is -2.74. The molecule has 10 aromatic carbocycles. The number of benzene rings is 10. The number of hydrogen-bond donors (Lipinski definition) is 0. The van der Waals surface area contributed by atoms with E-state index in [1.54, 1.807) is 0 Å². The summed E-state index contributed by atoms with van der Waals surface area (Å²) in [5, 5.41) is 22.8. The highest BCUT2D eigenvalue weighted by Crippen LogP contribution is 2.51. The van der Waals surface area contributed by atoms with E-state index in [-0.39, 0.29) is 5.41 Å². The molecule has 0 spiro atoms. The largest absolute Gasteiger partial charge is 0.310 e. The predicted octanol–water partition coefficient (Wildman–Crippen LogP) is 12.4. The Morgan fingerprint density at radius 2 is 0.984 bits per heavy atom. The van der Waals surface area contributed by atoms with Crippen molar-refractivity contribution in [1.29, 1.82) is 5.26 Å². The summed E-state index contributed by atoms with van der Waals surface area (Å²) in [5.74, 6) is 0. The van der Waals surface area contributed by atoms with Crippen molar-refractivity contribution in [2.24, 2.45) is 0 Å². The first-order valence-corrected chi connectivity index (χ1v) is 24.1. The molecule has 0 aliphatic heterocycles. The smallest absolute Gasteiger partial charge is 0.179 e. The lowest BCUT2D eigenvalue weighted by Gasteiger charge is -2.34. The van der Waals surface area contributed by atoms with Gasteiger partial charge in [0.25, 0.3) is 0 Å². The van der Waals surface area contributed by atoms with Gasteiger partial charge in [-0.25, -0.2) is 0 Å². The van der Waals surface area contributed by atoms with Crippen molar-refractivity contribution in [3.8, 4) is 11.8 Å². The zero-order valence-electron chi connectivity index (χ0n) is 35.7. The van der Waals surface area contributed by atoms with Gasteiger partial charge in [-0.15, -0.1) is 0 Å². The summed E-state index contributed by atoms with van der Waals surface area (Å²) in [6, 6.07) is 84.9. The van der Waals surface area contributed by atoms with Crippen LogP contribution < -0.4 is 25.6 Å². The van der Waals surface area contributed by atoms with Crippen LogP contribution in [0.5, 0.6) is 0 Å². The minimum absolute atomic E-state index is 0.177. The zero-order chi connectivity index (χ0) is 43.0. The van der Waals surface area contributed by atoms with Gasteiger partial charge in [-0.05, 0) is 126 Å². The second kappa shape index (κ2) is 14.6. The molecule has 302 valence electrons. The van der Waals surface area contributed by atoms with Crippen molar-refractivity contribution in [2.45, 2.75) is 19.3 Å². The topological polar surface area (TPSA) is 32.0 Å². The number of hydrogen-bond acceptors (Lipinski definition) is 2. The molecule has 0 amide bonds. The lowest BCUT2D eigenvalue weighted by atomic mass is 9.81. The molecule has 0 atom stereocenters. The fraction of sp³-hybridized carbons (Fsp3) is 0.0500. The van der Waals surface area contributed by atoms with Crippen molar-refractivity contribution < 1.29 is 0 Å². The maximum Gasteiger partial charge on any atom is 0.179 e. The molecule has 0 radical (unpaired) electrons. The average Bonchev–Trinajstić information content (AvgIpc) is 3.80. The minimum Gasteiger partial charge on any atom is -0.310 e. The number of para-hydroxylation sites is 1.